The Labute approximate surface area is 192 Å². The van der Waals surface area contributed by atoms with Crippen molar-refractivity contribution in [2.45, 2.75) is 12.8 Å². The van der Waals surface area contributed by atoms with Crippen molar-refractivity contribution < 1.29 is 19.8 Å². The van der Waals surface area contributed by atoms with Gasteiger partial charge in [0.15, 0.2) is 0 Å². The smallest absolute Gasteiger partial charge is 0.307 e. The lowest BCUT2D eigenvalue weighted by Crippen LogP contribution is -2.19. The maximum Gasteiger partial charge on any atom is 0.307 e. The monoisotopic (exact) mass is 482 g/mol. The van der Waals surface area contributed by atoms with Gasteiger partial charge in [-0.25, -0.2) is 0 Å². The van der Waals surface area contributed by atoms with Crippen LogP contribution in [0.4, 0.5) is 0 Å². The molecule has 0 aliphatic rings. The molecule has 4 aromatic rings. The van der Waals surface area contributed by atoms with Crippen molar-refractivity contribution >= 4 is 46.2 Å². The second-order valence-electron chi connectivity index (χ2n) is 7.74. The minimum Gasteiger partial charge on any atom is -0.481 e. The van der Waals surface area contributed by atoms with Crippen molar-refractivity contribution in [1.29, 1.82) is 0 Å². The van der Waals surface area contributed by atoms with Gasteiger partial charge >= 0.3 is 11.9 Å². The first kappa shape index (κ1) is 23.1. The van der Waals surface area contributed by atoms with E-state index in [-0.39, 0.29) is 44.3 Å². The van der Waals surface area contributed by atoms with Crippen LogP contribution in [0.2, 0.25) is 0 Å². The summed E-state index contributed by atoms with van der Waals surface area (Å²) in [5, 5.41) is 23.8. The summed E-state index contributed by atoms with van der Waals surface area (Å²) in [7, 11) is 2.80. The molecule has 0 bridgehead atoms. The number of pyridine rings is 2. The fourth-order valence-corrected chi connectivity index (χ4v) is 3.93. The molecule has 35 heavy (non-hydrogen) atoms. The molecule has 0 aliphatic heterocycles. The minimum atomic E-state index is -1.28. The number of aliphatic carboxylic acids is 2. The number of nitrogens with one attached hydrogen (secondary N) is 4. The lowest BCUT2D eigenvalue weighted by molar-refractivity contribution is -0.137. The molecule has 0 spiro atoms. The Morgan fingerprint density at radius 3 is 1.49 bits per heavy atom. The lowest BCUT2D eigenvalue weighted by atomic mass is 10.0. The molecule has 0 fully saturated rings. The van der Waals surface area contributed by atoms with Gasteiger partial charge in [-0.15, -0.1) is 5.73 Å². The van der Waals surface area contributed by atoms with Crippen LogP contribution in [0.1, 0.15) is 22.3 Å². The van der Waals surface area contributed by atoms with Gasteiger partial charge in [0.05, 0.1) is 34.7 Å². The first-order chi connectivity index (χ1) is 16.5. The number of aromatic nitrogens is 6. The van der Waals surface area contributed by atoms with Gasteiger partial charge in [0.2, 0.25) is 0 Å². The van der Waals surface area contributed by atoms with Gasteiger partial charge < -0.3 is 20.2 Å². The molecule has 0 saturated carbocycles. The van der Waals surface area contributed by atoms with Crippen LogP contribution >= 0.6 is 0 Å². The third-order valence-electron chi connectivity index (χ3n) is 5.43. The fourth-order valence-electron chi connectivity index (χ4n) is 3.93. The molecule has 4 rings (SSSR count). The van der Waals surface area contributed by atoms with Crippen LogP contribution in [0.5, 0.6) is 0 Å². The summed E-state index contributed by atoms with van der Waals surface area (Å²) in [4.78, 5) is 78.0. The lowest BCUT2D eigenvalue weighted by Gasteiger charge is -2.04. The average Bonchev–Trinajstić information content (AvgIpc) is 3.19. The number of carbonyl (C=O) groups is 2. The van der Waals surface area contributed by atoms with E-state index in [9.17, 15) is 39.0 Å². The van der Waals surface area contributed by atoms with Gasteiger partial charge in [-0.05, 0) is 23.3 Å². The Kier molecular flexibility index (Phi) is 5.51. The molecule has 0 amide bonds. The predicted octanol–water partition coefficient (Wildman–Crippen LogP) is -0.997. The highest BCUT2D eigenvalue weighted by molar-refractivity contribution is 5.88. The highest BCUT2D eigenvalue weighted by Gasteiger charge is 2.20. The number of hydrogen-bond donors (Lipinski definition) is 6. The molecule has 4 aromatic heterocycles. The Morgan fingerprint density at radius 1 is 0.771 bits per heavy atom. The van der Waals surface area contributed by atoms with E-state index < -0.39 is 47.0 Å². The molecule has 4 heterocycles. The number of carboxylic acid groups (broad SMARTS) is 2. The molecule has 0 aliphatic carbocycles. The van der Waals surface area contributed by atoms with E-state index >= 15 is 0 Å². The summed E-state index contributed by atoms with van der Waals surface area (Å²) in [6, 6.07) is 0. The maximum absolute atomic E-state index is 12.6. The molecule has 6 N–H and O–H groups in total. The zero-order valence-corrected chi connectivity index (χ0v) is 18.3. The standard InChI is InChI=1S/C21H18N6O8/c1-26-20(34)14-10(6-12(28)29)8(18(32)22-16(14)24-26)4-3-5-9-11(7-13(30)31)15-17(23-19(9)33)25-27(2)21(15)35/h4-5H,6-7H2,1-2H3,(H,28,29)(H,30,31)(H2,22,24,32)(H2,23,25,33). The Balaban J connectivity index is 1.98. The topological polar surface area (TPSA) is 216 Å². The van der Waals surface area contributed by atoms with E-state index in [1.807, 2.05) is 0 Å². The first-order valence-corrected chi connectivity index (χ1v) is 10.0. The van der Waals surface area contributed by atoms with Crippen LogP contribution in [-0.4, -0.2) is 51.7 Å². The number of rotatable bonds is 6. The van der Waals surface area contributed by atoms with E-state index in [0.717, 1.165) is 21.5 Å². The third kappa shape index (κ3) is 3.94. The largest absolute Gasteiger partial charge is 0.481 e. The molecule has 0 aromatic carbocycles. The minimum absolute atomic E-state index is 0.0239. The molecule has 0 unspecified atom stereocenters. The van der Waals surface area contributed by atoms with Gasteiger partial charge in [0.25, 0.3) is 22.2 Å². The SMILES string of the molecule is Cn1[nH]c2[nH]c(=O)c(C=C=Cc3c(CC(=O)O)c4c(=O)n(C)[nH]c4[nH]c3=O)c(CC(=O)O)c2c1=O. The van der Waals surface area contributed by atoms with Crippen molar-refractivity contribution in [3.63, 3.8) is 0 Å². The Bertz CT molecular complexity index is 1720. The zero-order valence-electron chi connectivity index (χ0n) is 18.3. The molecular formula is C21H18N6O8. The van der Waals surface area contributed by atoms with Crippen LogP contribution in [0.15, 0.2) is 24.9 Å². The number of hydrogen-bond acceptors (Lipinski definition) is 6. The van der Waals surface area contributed by atoms with Gasteiger partial charge in [-0.2, -0.15) is 0 Å². The van der Waals surface area contributed by atoms with Crippen LogP contribution in [0.3, 0.4) is 0 Å². The van der Waals surface area contributed by atoms with Crippen LogP contribution < -0.4 is 22.2 Å². The summed E-state index contributed by atoms with van der Waals surface area (Å²) in [6.45, 7) is 0. The summed E-state index contributed by atoms with van der Waals surface area (Å²) < 4.78 is 2.17. The van der Waals surface area contributed by atoms with E-state index in [0.29, 0.717) is 0 Å². The molecule has 0 saturated heterocycles. The highest BCUT2D eigenvalue weighted by Crippen LogP contribution is 2.18. The normalized spacial score (nSPS) is 11.0. The second-order valence-corrected chi connectivity index (χ2v) is 7.74. The number of nitrogens with zero attached hydrogens (tertiary/aromatic N) is 2. The zero-order chi connectivity index (χ0) is 25.6. The summed E-state index contributed by atoms with van der Waals surface area (Å²) in [5.41, 5.74) is -0.329. The van der Waals surface area contributed by atoms with Crippen LogP contribution in [0, 0.1) is 0 Å². The van der Waals surface area contributed by atoms with Gasteiger partial charge in [0.1, 0.15) is 11.3 Å². The van der Waals surface area contributed by atoms with E-state index in [1.165, 1.54) is 14.1 Å². The summed E-state index contributed by atoms with van der Waals surface area (Å²) in [6.07, 6.45) is 0.896. The van der Waals surface area contributed by atoms with Crippen molar-refractivity contribution in [1.82, 2.24) is 29.5 Å². The van der Waals surface area contributed by atoms with Crippen molar-refractivity contribution in [2.24, 2.45) is 14.1 Å². The third-order valence-corrected chi connectivity index (χ3v) is 5.43. The van der Waals surface area contributed by atoms with Crippen molar-refractivity contribution in [3.05, 3.63) is 69.4 Å². The quantitative estimate of drug-likeness (QED) is 0.187. The second kappa shape index (κ2) is 8.35. The van der Waals surface area contributed by atoms with Gasteiger partial charge in [0, 0.05) is 14.1 Å². The molecule has 0 atom stereocenters. The number of aryl methyl sites for hydroxylation is 2. The van der Waals surface area contributed by atoms with Gasteiger partial charge in [-0.1, -0.05) is 0 Å². The Morgan fingerprint density at radius 2 is 1.14 bits per heavy atom. The predicted molar refractivity (Wildman–Crippen MR) is 123 cm³/mol. The fraction of sp³-hybridized carbons (Fsp3) is 0.190. The highest BCUT2D eigenvalue weighted by atomic mass is 16.4. The van der Waals surface area contributed by atoms with Crippen molar-refractivity contribution in [2.75, 3.05) is 0 Å². The van der Waals surface area contributed by atoms with E-state index in [1.54, 1.807) is 0 Å². The molecular weight excluding hydrogens is 464 g/mol. The van der Waals surface area contributed by atoms with Crippen LogP contribution in [0.25, 0.3) is 34.2 Å². The first-order valence-electron chi connectivity index (χ1n) is 10.0. The van der Waals surface area contributed by atoms with E-state index in [2.05, 4.69) is 25.9 Å². The maximum atomic E-state index is 12.6. The number of H-pyrrole nitrogens is 4. The number of fused-ring (bicyclic) bond motifs is 2. The Hall–Kier alpha value is -5.10. The average molecular weight is 482 g/mol. The summed E-state index contributed by atoms with van der Waals surface area (Å²) >= 11 is 0. The molecule has 180 valence electrons. The van der Waals surface area contributed by atoms with Gasteiger partial charge in [-0.3, -0.25) is 48.3 Å². The number of carboxylic acids is 2. The summed E-state index contributed by atoms with van der Waals surface area (Å²) in [5.74, 6) is -2.57. The molecule has 14 nitrogen and oxygen atoms in total. The molecule has 14 heteroatoms. The number of aromatic amines is 4. The van der Waals surface area contributed by atoms with E-state index in [4.69, 9.17) is 0 Å². The molecule has 0 radical (unpaired) electrons. The van der Waals surface area contributed by atoms with Crippen molar-refractivity contribution in [3.8, 4) is 0 Å². The van der Waals surface area contributed by atoms with Crippen LogP contribution in [-0.2, 0) is 36.5 Å².